The normalized spacial score (nSPS) is 12.4. The first-order valence-electron chi connectivity index (χ1n) is 6.39. The van der Waals surface area contributed by atoms with Crippen LogP contribution < -0.4 is 5.32 Å². The Labute approximate surface area is 118 Å². The standard InChI is InChI=1S/C13H23NO4S/c1-8(2)13(17)14-7-10(5)19-12(16)6-11(15)18-9(3)4/h8-10H,6-7H2,1-5H3,(H,14,17). The lowest BCUT2D eigenvalue weighted by Gasteiger charge is -2.13. The van der Waals surface area contributed by atoms with Gasteiger partial charge in [0.2, 0.25) is 5.91 Å². The van der Waals surface area contributed by atoms with Gasteiger partial charge < -0.3 is 10.1 Å². The summed E-state index contributed by atoms with van der Waals surface area (Å²) in [5, 5.41) is 2.44. The van der Waals surface area contributed by atoms with Crippen LogP contribution in [0.3, 0.4) is 0 Å². The maximum Gasteiger partial charge on any atom is 0.314 e. The molecule has 1 atom stereocenters. The summed E-state index contributed by atoms with van der Waals surface area (Å²) in [5.41, 5.74) is 0. The van der Waals surface area contributed by atoms with Gasteiger partial charge in [-0.15, -0.1) is 0 Å². The van der Waals surface area contributed by atoms with Gasteiger partial charge in [0.15, 0.2) is 5.12 Å². The summed E-state index contributed by atoms with van der Waals surface area (Å²) >= 11 is 1.05. The van der Waals surface area contributed by atoms with E-state index in [1.165, 1.54) is 0 Å². The molecule has 0 rings (SSSR count). The molecule has 0 aliphatic carbocycles. The van der Waals surface area contributed by atoms with Crippen LogP contribution in [0, 0.1) is 5.92 Å². The Balaban J connectivity index is 3.93. The van der Waals surface area contributed by atoms with Gasteiger partial charge in [-0.05, 0) is 13.8 Å². The molecule has 0 aliphatic heterocycles. The van der Waals surface area contributed by atoms with Gasteiger partial charge in [0.25, 0.3) is 0 Å². The van der Waals surface area contributed by atoms with Crippen LogP contribution in [-0.2, 0) is 19.1 Å². The van der Waals surface area contributed by atoms with Crippen LogP contribution in [0.25, 0.3) is 0 Å². The molecule has 5 nitrogen and oxygen atoms in total. The van der Waals surface area contributed by atoms with Crippen LogP contribution in [0.1, 0.15) is 41.0 Å². The Kier molecular flexibility index (Phi) is 8.47. The molecule has 0 bridgehead atoms. The van der Waals surface area contributed by atoms with E-state index < -0.39 is 5.97 Å². The van der Waals surface area contributed by atoms with Crippen molar-refractivity contribution in [3.8, 4) is 0 Å². The summed E-state index contributed by atoms with van der Waals surface area (Å²) in [4.78, 5) is 34.2. The molecular formula is C13H23NO4S. The minimum absolute atomic E-state index is 0.0425. The molecular weight excluding hydrogens is 266 g/mol. The van der Waals surface area contributed by atoms with Gasteiger partial charge in [-0.25, -0.2) is 0 Å². The zero-order valence-electron chi connectivity index (χ0n) is 12.2. The van der Waals surface area contributed by atoms with E-state index in [4.69, 9.17) is 4.74 Å². The molecule has 0 saturated carbocycles. The summed E-state index contributed by atoms with van der Waals surface area (Å²) in [6.07, 6.45) is -0.446. The van der Waals surface area contributed by atoms with Gasteiger partial charge in [0.1, 0.15) is 6.42 Å². The van der Waals surface area contributed by atoms with Crippen LogP contribution >= 0.6 is 11.8 Å². The average molecular weight is 289 g/mol. The van der Waals surface area contributed by atoms with Gasteiger partial charge >= 0.3 is 5.97 Å². The second-order valence-electron chi connectivity index (χ2n) is 4.92. The molecule has 0 spiro atoms. The van der Waals surface area contributed by atoms with Crippen LogP contribution in [0.4, 0.5) is 0 Å². The maximum atomic E-state index is 11.6. The van der Waals surface area contributed by atoms with Crippen molar-refractivity contribution in [1.82, 2.24) is 5.32 Å². The van der Waals surface area contributed by atoms with Gasteiger partial charge in [0, 0.05) is 17.7 Å². The Morgan fingerprint density at radius 1 is 1.11 bits per heavy atom. The highest BCUT2D eigenvalue weighted by molar-refractivity contribution is 8.14. The van der Waals surface area contributed by atoms with Gasteiger partial charge in [-0.2, -0.15) is 0 Å². The number of carbonyl (C=O) groups is 3. The van der Waals surface area contributed by atoms with Crippen molar-refractivity contribution in [2.45, 2.75) is 52.4 Å². The lowest BCUT2D eigenvalue weighted by molar-refractivity contribution is -0.148. The number of esters is 1. The summed E-state index contributed by atoms with van der Waals surface area (Å²) in [6, 6.07) is 0. The van der Waals surface area contributed by atoms with Crippen LogP contribution in [0.15, 0.2) is 0 Å². The van der Waals surface area contributed by atoms with Gasteiger partial charge in [0.05, 0.1) is 6.10 Å². The fourth-order valence-corrected chi connectivity index (χ4v) is 2.00. The number of ether oxygens (including phenoxy) is 1. The number of rotatable bonds is 7. The minimum Gasteiger partial charge on any atom is -0.463 e. The fourth-order valence-electron chi connectivity index (χ4n) is 1.18. The first-order chi connectivity index (χ1) is 8.72. The smallest absolute Gasteiger partial charge is 0.314 e. The number of amides is 1. The Morgan fingerprint density at radius 3 is 2.16 bits per heavy atom. The molecule has 0 aromatic rings. The molecule has 0 heterocycles. The molecule has 0 aliphatic rings. The zero-order valence-corrected chi connectivity index (χ0v) is 13.0. The first kappa shape index (κ1) is 18.0. The van der Waals surface area contributed by atoms with Crippen LogP contribution in [0.2, 0.25) is 0 Å². The van der Waals surface area contributed by atoms with E-state index in [0.29, 0.717) is 6.54 Å². The molecule has 110 valence electrons. The lowest BCUT2D eigenvalue weighted by Crippen LogP contribution is -2.33. The van der Waals surface area contributed by atoms with E-state index in [9.17, 15) is 14.4 Å². The number of hydrogen-bond donors (Lipinski definition) is 1. The van der Waals surface area contributed by atoms with Crippen molar-refractivity contribution >= 4 is 28.8 Å². The Bertz CT molecular complexity index is 329. The van der Waals surface area contributed by atoms with E-state index in [1.807, 2.05) is 6.92 Å². The Hall–Kier alpha value is -1.04. The van der Waals surface area contributed by atoms with Crippen LogP contribution in [0.5, 0.6) is 0 Å². The minimum atomic E-state index is -0.508. The molecule has 6 heteroatoms. The number of carbonyl (C=O) groups excluding carboxylic acids is 3. The lowest BCUT2D eigenvalue weighted by atomic mass is 10.2. The summed E-state index contributed by atoms with van der Waals surface area (Å²) in [5.74, 6) is -0.626. The molecule has 1 amide bonds. The third kappa shape index (κ3) is 9.53. The highest BCUT2D eigenvalue weighted by Gasteiger charge is 2.16. The molecule has 1 N–H and O–H groups in total. The summed E-state index contributed by atoms with van der Waals surface area (Å²) in [6.45, 7) is 9.32. The molecule has 0 aromatic carbocycles. The summed E-state index contributed by atoms with van der Waals surface area (Å²) < 4.78 is 4.89. The van der Waals surface area contributed by atoms with Gasteiger partial charge in [-0.3, -0.25) is 14.4 Å². The number of nitrogens with one attached hydrogen (secondary N) is 1. The SMILES string of the molecule is CC(C)OC(=O)CC(=O)SC(C)CNC(=O)C(C)C. The second kappa shape index (κ2) is 8.96. The topological polar surface area (TPSA) is 72.5 Å². The highest BCUT2D eigenvalue weighted by Crippen LogP contribution is 2.14. The maximum absolute atomic E-state index is 11.6. The van der Waals surface area contributed by atoms with Crippen molar-refractivity contribution in [3.05, 3.63) is 0 Å². The van der Waals surface area contributed by atoms with Gasteiger partial charge in [-0.1, -0.05) is 32.5 Å². The predicted molar refractivity (Wildman–Crippen MR) is 75.8 cm³/mol. The third-order valence-corrected chi connectivity index (χ3v) is 3.05. The third-order valence-electron chi connectivity index (χ3n) is 2.08. The Morgan fingerprint density at radius 2 is 1.68 bits per heavy atom. The molecule has 0 aromatic heterocycles. The average Bonchev–Trinajstić information content (AvgIpc) is 2.23. The van der Waals surface area contributed by atoms with E-state index in [1.54, 1.807) is 27.7 Å². The zero-order chi connectivity index (χ0) is 15.0. The molecule has 1 unspecified atom stereocenters. The van der Waals surface area contributed by atoms with Crippen LogP contribution in [-0.4, -0.2) is 34.9 Å². The molecule has 0 radical (unpaired) electrons. The molecule has 0 saturated heterocycles. The van der Waals surface area contributed by atoms with Crippen molar-refractivity contribution < 1.29 is 19.1 Å². The monoisotopic (exact) mass is 289 g/mol. The second-order valence-corrected chi connectivity index (χ2v) is 6.41. The fraction of sp³-hybridized carbons (Fsp3) is 0.769. The predicted octanol–water partition coefficient (Wildman–Crippen LogP) is 1.75. The highest BCUT2D eigenvalue weighted by atomic mass is 32.2. The molecule has 19 heavy (non-hydrogen) atoms. The summed E-state index contributed by atoms with van der Waals surface area (Å²) in [7, 11) is 0. The largest absolute Gasteiger partial charge is 0.463 e. The first-order valence-corrected chi connectivity index (χ1v) is 7.27. The van der Waals surface area contributed by atoms with Crippen molar-refractivity contribution in [3.63, 3.8) is 0 Å². The number of hydrogen-bond acceptors (Lipinski definition) is 5. The van der Waals surface area contributed by atoms with E-state index in [-0.39, 0.29) is 34.7 Å². The van der Waals surface area contributed by atoms with E-state index in [0.717, 1.165) is 11.8 Å². The van der Waals surface area contributed by atoms with Crippen molar-refractivity contribution in [2.75, 3.05) is 6.54 Å². The molecule has 0 fully saturated rings. The van der Waals surface area contributed by atoms with Crippen molar-refractivity contribution in [1.29, 1.82) is 0 Å². The van der Waals surface area contributed by atoms with E-state index in [2.05, 4.69) is 5.32 Å². The number of thioether (sulfide) groups is 1. The quantitative estimate of drug-likeness (QED) is 0.571. The van der Waals surface area contributed by atoms with Crippen molar-refractivity contribution in [2.24, 2.45) is 5.92 Å². The van der Waals surface area contributed by atoms with E-state index >= 15 is 0 Å².